The molecule has 1 N–H and O–H groups in total. The molecule has 9 nitrogen and oxygen atoms in total. The van der Waals surface area contributed by atoms with E-state index < -0.39 is 28.5 Å². The monoisotopic (exact) mass is 633 g/mol. The van der Waals surface area contributed by atoms with E-state index in [4.69, 9.17) is 32.7 Å². The molecule has 224 valence electrons. The van der Waals surface area contributed by atoms with Gasteiger partial charge in [0, 0.05) is 35.6 Å². The highest BCUT2D eigenvalue weighted by atomic mass is 35.5. The van der Waals surface area contributed by atoms with E-state index in [9.17, 15) is 18.0 Å². The topological polar surface area (TPSA) is 105 Å². The Bertz CT molecular complexity index is 1540. The lowest BCUT2D eigenvalue weighted by molar-refractivity contribution is -0.140. The van der Waals surface area contributed by atoms with E-state index in [2.05, 4.69) is 5.32 Å². The molecule has 0 bridgehead atoms. The number of halogens is 2. The standard InChI is InChI=1S/C30H33Cl2N3O6S/c1-20(2)16-33-30(37)26(13-21-7-5-4-6-8-21)34(17-22-9-10-23(31)14-25(22)32)29(36)18-35(42(3,38)39)24-11-12-27-28(15-24)41-19-40-27/h4-12,14-15,20,26H,13,16-19H2,1-3H3,(H,33,37)/t26-/m1/s1. The summed E-state index contributed by atoms with van der Waals surface area (Å²) in [5.41, 5.74) is 1.61. The molecule has 1 atom stereocenters. The van der Waals surface area contributed by atoms with Crippen molar-refractivity contribution < 1.29 is 27.5 Å². The number of ether oxygens (including phenoxy) is 2. The highest BCUT2D eigenvalue weighted by molar-refractivity contribution is 7.92. The van der Waals surface area contributed by atoms with Crippen molar-refractivity contribution in [3.8, 4) is 11.5 Å². The van der Waals surface area contributed by atoms with Gasteiger partial charge in [-0.05, 0) is 41.3 Å². The van der Waals surface area contributed by atoms with Crippen molar-refractivity contribution >= 4 is 50.7 Å². The van der Waals surface area contributed by atoms with Gasteiger partial charge in [0.05, 0.1) is 11.9 Å². The van der Waals surface area contributed by atoms with Crippen LogP contribution in [0.25, 0.3) is 0 Å². The predicted molar refractivity (Wildman–Crippen MR) is 164 cm³/mol. The van der Waals surface area contributed by atoms with Crippen LogP contribution in [0.1, 0.15) is 25.0 Å². The number of nitrogens with one attached hydrogen (secondary N) is 1. The third-order valence-electron chi connectivity index (χ3n) is 6.63. The van der Waals surface area contributed by atoms with E-state index in [0.29, 0.717) is 33.7 Å². The second-order valence-electron chi connectivity index (χ2n) is 10.4. The van der Waals surface area contributed by atoms with E-state index in [1.807, 2.05) is 44.2 Å². The Morgan fingerprint density at radius 3 is 2.36 bits per heavy atom. The Kier molecular flexibility index (Phi) is 10.2. The highest BCUT2D eigenvalue weighted by Gasteiger charge is 2.34. The van der Waals surface area contributed by atoms with Gasteiger partial charge >= 0.3 is 0 Å². The van der Waals surface area contributed by atoms with Crippen molar-refractivity contribution in [3.05, 3.63) is 87.9 Å². The normalized spacial score (nSPS) is 13.1. The number of benzene rings is 3. The number of carbonyl (C=O) groups is 2. The van der Waals surface area contributed by atoms with Crippen molar-refractivity contribution in [3.63, 3.8) is 0 Å². The Hall–Kier alpha value is -3.47. The minimum Gasteiger partial charge on any atom is -0.454 e. The number of hydrogen-bond acceptors (Lipinski definition) is 6. The number of carbonyl (C=O) groups excluding carboxylic acids is 2. The maximum Gasteiger partial charge on any atom is 0.244 e. The molecule has 0 saturated carbocycles. The molecular weight excluding hydrogens is 601 g/mol. The smallest absolute Gasteiger partial charge is 0.244 e. The van der Waals surface area contributed by atoms with Gasteiger partial charge in [0.15, 0.2) is 11.5 Å². The minimum absolute atomic E-state index is 0.0128. The Morgan fingerprint density at radius 2 is 1.69 bits per heavy atom. The number of amides is 2. The first-order valence-corrected chi connectivity index (χ1v) is 15.9. The zero-order valence-corrected chi connectivity index (χ0v) is 25.9. The fourth-order valence-electron chi connectivity index (χ4n) is 4.46. The van der Waals surface area contributed by atoms with Crippen LogP contribution < -0.4 is 19.1 Å². The maximum absolute atomic E-state index is 14.2. The number of sulfonamides is 1. The SMILES string of the molecule is CC(C)CNC(=O)[C@@H](Cc1ccccc1)N(Cc1ccc(Cl)cc1Cl)C(=O)CN(c1ccc2c(c1)OCO2)S(C)(=O)=O. The van der Waals surface area contributed by atoms with Gasteiger partial charge in [-0.15, -0.1) is 0 Å². The molecule has 0 saturated heterocycles. The summed E-state index contributed by atoms with van der Waals surface area (Å²) < 4.78 is 37.7. The fraction of sp³-hybridized carbons (Fsp3) is 0.333. The predicted octanol–water partition coefficient (Wildman–Crippen LogP) is 4.90. The summed E-state index contributed by atoms with van der Waals surface area (Å²) in [6, 6.07) is 17.9. The Balaban J connectivity index is 1.74. The molecule has 3 aromatic rings. The zero-order valence-electron chi connectivity index (χ0n) is 23.5. The summed E-state index contributed by atoms with van der Waals surface area (Å²) in [7, 11) is -3.93. The lowest BCUT2D eigenvalue weighted by Gasteiger charge is -2.34. The van der Waals surface area contributed by atoms with Gasteiger partial charge in [0.1, 0.15) is 12.6 Å². The van der Waals surface area contributed by atoms with Gasteiger partial charge < -0.3 is 19.7 Å². The molecule has 1 aliphatic heterocycles. The molecule has 0 aromatic heterocycles. The van der Waals surface area contributed by atoms with Crippen LogP contribution in [-0.2, 0) is 32.6 Å². The average Bonchev–Trinajstić information content (AvgIpc) is 3.41. The van der Waals surface area contributed by atoms with Crippen molar-refractivity contribution in [2.45, 2.75) is 32.9 Å². The minimum atomic E-state index is -3.93. The van der Waals surface area contributed by atoms with E-state index >= 15 is 0 Å². The van der Waals surface area contributed by atoms with E-state index in [0.717, 1.165) is 16.1 Å². The van der Waals surface area contributed by atoms with E-state index in [1.165, 1.54) is 11.0 Å². The molecule has 1 heterocycles. The van der Waals surface area contributed by atoms with Crippen LogP contribution in [0.4, 0.5) is 5.69 Å². The van der Waals surface area contributed by atoms with Crippen molar-refractivity contribution in [1.82, 2.24) is 10.2 Å². The number of hydrogen-bond donors (Lipinski definition) is 1. The molecule has 1 aliphatic rings. The number of fused-ring (bicyclic) bond motifs is 1. The summed E-state index contributed by atoms with van der Waals surface area (Å²) in [5, 5.41) is 3.68. The van der Waals surface area contributed by atoms with Gasteiger partial charge in [0.25, 0.3) is 0 Å². The number of rotatable bonds is 12. The molecule has 0 spiro atoms. The lowest BCUT2D eigenvalue weighted by Crippen LogP contribution is -2.53. The highest BCUT2D eigenvalue weighted by Crippen LogP contribution is 2.36. The third-order valence-corrected chi connectivity index (χ3v) is 8.36. The number of nitrogens with zero attached hydrogens (tertiary/aromatic N) is 2. The van der Waals surface area contributed by atoms with Crippen molar-refractivity contribution in [1.29, 1.82) is 0 Å². The second-order valence-corrected chi connectivity index (χ2v) is 13.2. The van der Waals surface area contributed by atoms with Crippen LogP contribution in [0, 0.1) is 5.92 Å². The van der Waals surface area contributed by atoms with Crippen LogP contribution in [-0.4, -0.2) is 57.3 Å². The first kappa shape index (κ1) is 31.5. The fourth-order valence-corrected chi connectivity index (χ4v) is 5.77. The molecule has 0 unspecified atom stereocenters. The Labute approximate surface area is 256 Å². The van der Waals surface area contributed by atoms with Crippen LogP contribution in [0.2, 0.25) is 10.0 Å². The van der Waals surface area contributed by atoms with Crippen LogP contribution in [0.3, 0.4) is 0 Å². The molecule has 12 heteroatoms. The summed E-state index contributed by atoms with van der Waals surface area (Å²) in [6.45, 7) is 3.74. The summed E-state index contributed by atoms with van der Waals surface area (Å²) in [6.07, 6.45) is 1.21. The van der Waals surface area contributed by atoms with Gasteiger partial charge in [0.2, 0.25) is 28.6 Å². The molecular formula is C30H33Cl2N3O6S. The molecule has 42 heavy (non-hydrogen) atoms. The van der Waals surface area contributed by atoms with Crippen molar-refractivity contribution in [2.75, 3.05) is 30.4 Å². The average molecular weight is 635 g/mol. The molecule has 3 aromatic carbocycles. The molecule has 4 rings (SSSR count). The largest absolute Gasteiger partial charge is 0.454 e. The van der Waals surface area contributed by atoms with Gasteiger partial charge in [-0.25, -0.2) is 8.42 Å². The van der Waals surface area contributed by atoms with Gasteiger partial charge in [-0.2, -0.15) is 0 Å². The van der Waals surface area contributed by atoms with E-state index in [-0.39, 0.29) is 37.3 Å². The van der Waals surface area contributed by atoms with Crippen LogP contribution >= 0.6 is 23.2 Å². The Morgan fingerprint density at radius 1 is 0.976 bits per heavy atom. The molecule has 0 aliphatic carbocycles. The second kappa shape index (κ2) is 13.7. The zero-order chi connectivity index (χ0) is 30.4. The maximum atomic E-state index is 14.2. The summed E-state index contributed by atoms with van der Waals surface area (Å²) >= 11 is 12.6. The van der Waals surface area contributed by atoms with Crippen molar-refractivity contribution in [2.24, 2.45) is 5.92 Å². The summed E-state index contributed by atoms with van der Waals surface area (Å²) in [5.74, 6) is 0.0633. The van der Waals surface area contributed by atoms with Crippen LogP contribution in [0.15, 0.2) is 66.7 Å². The van der Waals surface area contributed by atoms with Gasteiger partial charge in [-0.1, -0.05) is 73.4 Å². The third kappa shape index (κ3) is 8.08. The summed E-state index contributed by atoms with van der Waals surface area (Å²) in [4.78, 5) is 29.2. The number of anilines is 1. The van der Waals surface area contributed by atoms with E-state index in [1.54, 1.807) is 30.3 Å². The van der Waals surface area contributed by atoms with Gasteiger partial charge in [-0.3, -0.25) is 13.9 Å². The quantitative estimate of drug-likeness (QED) is 0.304. The van der Waals surface area contributed by atoms with Crippen LogP contribution in [0.5, 0.6) is 11.5 Å². The molecule has 0 radical (unpaired) electrons. The molecule has 2 amide bonds. The molecule has 0 fully saturated rings. The first-order chi connectivity index (χ1) is 19.9. The lowest BCUT2D eigenvalue weighted by atomic mass is 10.0. The first-order valence-electron chi connectivity index (χ1n) is 13.3.